The van der Waals surface area contributed by atoms with Gasteiger partial charge in [-0.1, -0.05) is 23.9 Å². The summed E-state index contributed by atoms with van der Waals surface area (Å²) in [5.74, 6) is 0.154. The minimum Gasteiger partial charge on any atom is -0.362 e. The van der Waals surface area contributed by atoms with Crippen molar-refractivity contribution in [1.29, 1.82) is 0 Å². The van der Waals surface area contributed by atoms with Crippen LogP contribution in [-0.4, -0.2) is 57.6 Å². The highest BCUT2D eigenvalue weighted by Crippen LogP contribution is 2.34. The summed E-state index contributed by atoms with van der Waals surface area (Å²) in [6.07, 6.45) is 4.20. The van der Waals surface area contributed by atoms with Crippen LogP contribution in [0.1, 0.15) is 23.3 Å². The van der Waals surface area contributed by atoms with Gasteiger partial charge in [0.2, 0.25) is 5.91 Å². The summed E-state index contributed by atoms with van der Waals surface area (Å²) < 4.78 is 0. The van der Waals surface area contributed by atoms with Gasteiger partial charge in [0, 0.05) is 37.1 Å². The first kappa shape index (κ1) is 21.9. The van der Waals surface area contributed by atoms with Crippen molar-refractivity contribution < 1.29 is 9.72 Å². The van der Waals surface area contributed by atoms with Gasteiger partial charge in [-0.3, -0.25) is 19.7 Å². The Balaban J connectivity index is 1.21. The third-order valence-corrected chi connectivity index (χ3v) is 8.23. The van der Waals surface area contributed by atoms with Gasteiger partial charge in [-0.2, -0.15) is 0 Å². The van der Waals surface area contributed by atoms with Crippen LogP contribution < -0.4 is 10.5 Å². The Labute approximate surface area is 198 Å². The predicted molar refractivity (Wildman–Crippen MR) is 129 cm³/mol. The quantitative estimate of drug-likeness (QED) is 0.256. The van der Waals surface area contributed by atoms with Crippen molar-refractivity contribution in [2.24, 2.45) is 0 Å². The number of benzene rings is 1. The van der Waals surface area contributed by atoms with E-state index in [1.165, 1.54) is 22.7 Å². The lowest BCUT2D eigenvalue weighted by Crippen LogP contribution is -2.49. The molecule has 3 aromatic rings. The number of aromatic amines is 1. The maximum absolute atomic E-state index is 12.8. The van der Waals surface area contributed by atoms with E-state index < -0.39 is 0 Å². The van der Waals surface area contributed by atoms with Crippen molar-refractivity contribution in [3.05, 3.63) is 55.2 Å². The molecule has 1 fully saturated rings. The van der Waals surface area contributed by atoms with Gasteiger partial charge in [-0.25, -0.2) is 4.98 Å². The van der Waals surface area contributed by atoms with E-state index in [1.807, 2.05) is 4.90 Å². The van der Waals surface area contributed by atoms with Gasteiger partial charge in [0.05, 0.1) is 16.1 Å². The molecule has 1 saturated heterocycles. The zero-order valence-electron chi connectivity index (χ0n) is 17.9. The number of piperazine rings is 1. The molecule has 5 rings (SSSR count). The van der Waals surface area contributed by atoms with Crippen LogP contribution in [0.2, 0.25) is 0 Å². The summed E-state index contributed by atoms with van der Waals surface area (Å²) in [5.41, 5.74) is 1.69. The van der Waals surface area contributed by atoms with Gasteiger partial charge in [-0.05, 0) is 37.3 Å². The molecule has 1 N–H and O–H groups in total. The van der Waals surface area contributed by atoms with Crippen molar-refractivity contribution >= 4 is 50.6 Å². The molecule has 172 valence electrons. The number of nitro benzene ring substituents is 1. The average Bonchev–Trinajstić information content (AvgIpc) is 3.21. The highest BCUT2D eigenvalue weighted by atomic mass is 32.2. The Bertz CT molecular complexity index is 1280. The molecule has 0 unspecified atom stereocenters. The largest absolute Gasteiger partial charge is 0.362 e. The van der Waals surface area contributed by atoms with E-state index in [0.717, 1.165) is 41.5 Å². The molecule has 9 nitrogen and oxygen atoms in total. The molecule has 2 aromatic heterocycles. The maximum atomic E-state index is 12.8. The smallest absolute Gasteiger partial charge is 0.292 e. The highest BCUT2D eigenvalue weighted by molar-refractivity contribution is 7.99. The SMILES string of the molecule is O=C(CSc1nc2sc3c(c2c(=O)[nH]1)CCCC3)N1CCN(c2ccccc2[N+](=O)[O-])CC1. The number of fused-ring (bicyclic) bond motifs is 3. The molecule has 33 heavy (non-hydrogen) atoms. The number of nitrogens with zero attached hydrogens (tertiary/aromatic N) is 4. The number of aromatic nitrogens is 2. The number of aryl methyl sites for hydroxylation is 2. The molecular weight excluding hydrogens is 462 g/mol. The monoisotopic (exact) mass is 485 g/mol. The predicted octanol–water partition coefficient (Wildman–Crippen LogP) is 3.21. The van der Waals surface area contributed by atoms with Gasteiger partial charge >= 0.3 is 0 Å². The van der Waals surface area contributed by atoms with E-state index >= 15 is 0 Å². The van der Waals surface area contributed by atoms with Crippen LogP contribution in [0.5, 0.6) is 0 Å². The number of carbonyl (C=O) groups excluding carboxylic acids is 1. The molecule has 1 aliphatic carbocycles. The van der Waals surface area contributed by atoms with Crippen molar-refractivity contribution in [3.63, 3.8) is 0 Å². The van der Waals surface area contributed by atoms with Crippen LogP contribution in [0.4, 0.5) is 11.4 Å². The average molecular weight is 486 g/mol. The van der Waals surface area contributed by atoms with Crippen LogP contribution in [0.3, 0.4) is 0 Å². The summed E-state index contributed by atoms with van der Waals surface area (Å²) in [4.78, 5) is 49.6. The lowest BCUT2D eigenvalue weighted by Gasteiger charge is -2.35. The van der Waals surface area contributed by atoms with E-state index in [2.05, 4.69) is 9.97 Å². The van der Waals surface area contributed by atoms with Crippen molar-refractivity contribution in [3.8, 4) is 0 Å². The Morgan fingerprint density at radius 2 is 1.94 bits per heavy atom. The lowest BCUT2D eigenvalue weighted by molar-refractivity contribution is -0.384. The van der Waals surface area contributed by atoms with Gasteiger partial charge in [0.1, 0.15) is 10.5 Å². The molecule has 0 bridgehead atoms. The van der Waals surface area contributed by atoms with Gasteiger partial charge < -0.3 is 14.8 Å². The number of nitrogens with one attached hydrogen (secondary N) is 1. The number of hydrogen-bond acceptors (Lipinski definition) is 8. The van der Waals surface area contributed by atoms with Crippen LogP contribution in [0, 0.1) is 10.1 Å². The second-order valence-electron chi connectivity index (χ2n) is 8.16. The topological polar surface area (TPSA) is 112 Å². The Kier molecular flexibility index (Phi) is 6.07. The summed E-state index contributed by atoms with van der Waals surface area (Å²) >= 11 is 2.84. The molecule has 2 aliphatic rings. The second kappa shape index (κ2) is 9.14. The van der Waals surface area contributed by atoms with E-state index in [4.69, 9.17) is 0 Å². The van der Waals surface area contributed by atoms with Gasteiger partial charge in [0.15, 0.2) is 5.16 Å². The summed E-state index contributed by atoms with van der Waals surface area (Å²) in [6, 6.07) is 6.68. The molecule has 1 amide bonds. The highest BCUT2D eigenvalue weighted by Gasteiger charge is 2.26. The second-order valence-corrected chi connectivity index (χ2v) is 10.2. The molecule has 0 saturated carbocycles. The van der Waals surface area contributed by atoms with E-state index in [-0.39, 0.29) is 27.8 Å². The zero-order chi connectivity index (χ0) is 22.9. The molecule has 0 radical (unpaired) electrons. The summed E-state index contributed by atoms with van der Waals surface area (Å²) in [7, 11) is 0. The van der Waals surface area contributed by atoms with Crippen LogP contribution in [-0.2, 0) is 17.6 Å². The molecule has 1 aliphatic heterocycles. The fourth-order valence-corrected chi connectivity index (χ4v) is 6.60. The number of H-pyrrole nitrogens is 1. The summed E-state index contributed by atoms with van der Waals surface area (Å²) in [5, 5.41) is 12.5. The third-order valence-electron chi connectivity index (χ3n) is 6.19. The fourth-order valence-electron chi connectivity index (χ4n) is 4.52. The number of carbonyl (C=O) groups is 1. The Morgan fingerprint density at radius 3 is 2.73 bits per heavy atom. The molecule has 1 aromatic carbocycles. The minimum absolute atomic E-state index is 0.0320. The zero-order valence-corrected chi connectivity index (χ0v) is 19.5. The van der Waals surface area contributed by atoms with Gasteiger partial charge in [-0.15, -0.1) is 11.3 Å². The first-order valence-electron chi connectivity index (χ1n) is 10.9. The van der Waals surface area contributed by atoms with Crippen molar-refractivity contribution in [2.45, 2.75) is 30.8 Å². The minimum atomic E-state index is -0.377. The number of amides is 1. The van der Waals surface area contributed by atoms with Crippen LogP contribution in [0.25, 0.3) is 10.2 Å². The Hall–Kier alpha value is -2.92. The molecular formula is C22H23N5O4S2. The lowest BCUT2D eigenvalue weighted by atomic mass is 9.97. The number of anilines is 1. The van der Waals surface area contributed by atoms with Crippen LogP contribution in [0.15, 0.2) is 34.2 Å². The number of hydrogen-bond donors (Lipinski definition) is 1. The molecule has 3 heterocycles. The molecule has 0 spiro atoms. The third kappa shape index (κ3) is 4.34. The van der Waals surface area contributed by atoms with Crippen molar-refractivity contribution in [1.82, 2.24) is 14.9 Å². The van der Waals surface area contributed by atoms with E-state index in [9.17, 15) is 19.7 Å². The Morgan fingerprint density at radius 1 is 1.18 bits per heavy atom. The fraction of sp³-hybridized carbons (Fsp3) is 0.409. The van der Waals surface area contributed by atoms with Gasteiger partial charge in [0.25, 0.3) is 11.2 Å². The first-order valence-corrected chi connectivity index (χ1v) is 12.7. The number of para-hydroxylation sites is 2. The molecule has 0 atom stereocenters. The number of thiophene rings is 1. The van der Waals surface area contributed by atoms with E-state index in [1.54, 1.807) is 34.4 Å². The number of rotatable bonds is 5. The van der Waals surface area contributed by atoms with E-state index in [0.29, 0.717) is 37.0 Å². The maximum Gasteiger partial charge on any atom is 0.292 e. The number of nitro groups is 1. The standard InChI is InChI=1S/C22H23N5O4S2/c28-18(26-11-9-25(10-12-26)15-6-2-3-7-16(15)27(30)31)13-32-22-23-20(29)19-14-5-1-4-8-17(14)33-21(19)24-22/h2-3,6-7H,1,4-5,8-13H2,(H,23,24,29). The summed E-state index contributed by atoms with van der Waals surface area (Å²) in [6.45, 7) is 2.05. The number of thioether (sulfide) groups is 1. The first-order chi connectivity index (χ1) is 16.0. The van der Waals surface area contributed by atoms with Crippen LogP contribution >= 0.6 is 23.1 Å². The normalized spacial score (nSPS) is 16.1. The van der Waals surface area contributed by atoms with Crippen molar-refractivity contribution in [2.75, 3.05) is 36.8 Å². The molecule has 11 heteroatoms.